The summed E-state index contributed by atoms with van der Waals surface area (Å²) in [6, 6.07) is 7.12. The number of hydrogen-bond acceptors (Lipinski definition) is 8. The molecule has 0 aliphatic carbocycles. The van der Waals surface area contributed by atoms with Crippen LogP contribution in [0.4, 0.5) is 16.6 Å². The number of allylic oxidation sites excluding steroid dienone is 1. The number of nitrogens with one attached hydrogen (secondary N) is 1. The number of carbonyl (C=O) groups excluding carboxylic acids is 2. The maximum atomic E-state index is 13.3. The number of nitrogens with zero attached hydrogens (tertiary/aromatic N) is 5. The zero-order valence-electron chi connectivity index (χ0n) is 20.5. The summed E-state index contributed by atoms with van der Waals surface area (Å²) in [7, 11) is 0. The number of aromatic nitrogens is 4. The molecule has 0 saturated heterocycles. The number of amides is 2. The van der Waals surface area contributed by atoms with Gasteiger partial charge in [-0.05, 0) is 57.9 Å². The molecule has 0 radical (unpaired) electrons. The summed E-state index contributed by atoms with van der Waals surface area (Å²) in [5, 5.41) is 7.71. The minimum Gasteiger partial charge on any atom is -0.443 e. The lowest BCUT2D eigenvalue weighted by Gasteiger charge is -2.30. The SMILES string of the molecule is Cc1ccc2oc(NC(=O)c3nn(C4CC=CN(C(=O)OC(C)(C)C)C4)c4ccnc(N)c34)nc2c1. The van der Waals surface area contributed by atoms with Crippen LogP contribution in [0.25, 0.3) is 22.0 Å². The largest absolute Gasteiger partial charge is 0.443 e. The number of benzene rings is 1. The lowest BCUT2D eigenvalue weighted by molar-refractivity contribution is 0.0303. The number of oxazole rings is 1. The van der Waals surface area contributed by atoms with Crippen LogP contribution in [-0.2, 0) is 4.74 Å². The Morgan fingerprint density at radius 3 is 2.83 bits per heavy atom. The number of anilines is 2. The van der Waals surface area contributed by atoms with Crippen LogP contribution in [0.3, 0.4) is 0 Å². The Kier molecular flexibility index (Phi) is 5.62. The summed E-state index contributed by atoms with van der Waals surface area (Å²) in [5.41, 5.74) is 8.50. The van der Waals surface area contributed by atoms with Gasteiger partial charge in [0.1, 0.15) is 16.9 Å². The average Bonchev–Trinajstić information content (AvgIpc) is 3.39. The average molecular weight is 490 g/mol. The van der Waals surface area contributed by atoms with Crippen LogP contribution in [0, 0.1) is 6.92 Å². The molecule has 1 atom stereocenters. The lowest BCUT2D eigenvalue weighted by atomic mass is 10.1. The molecule has 3 N–H and O–H groups in total. The van der Waals surface area contributed by atoms with Crippen molar-refractivity contribution in [3.8, 4) is 0 Å². The van der Waals surface area contributed by atoms with E-state index in [0.717, 1.165) is 5.56 Å². The molecule has 11 nitrogen and oxygen atoms in total. The molecular formula is C25H27N7O4. The molecule has 11 heteroatoms. The van der Waals surface area contributed by atoms with Crippen LogP contribution >= 0.6 is 0 Å². The highest BCUT2D eigenvalue weighted by atomic mass is 16.6. The highest BCUT2D eigenvalue weighted by molar-refractivity contribution is 6.13. The first-order chi connectivity index (χ1) is 17.1. The number of nitrogens with two attached hydrogens (primary N) is 1. The van der Waals surface area contributed by atoms with Crippen molar-refractivity contribution in [1.29, 1.82) is 0 Å². The summed E-state index contributed by atoms with van der Waals surface area (Å²) in [5.74, 6) is -0.357. The third-order valence-corrected chi connectivity index (χ3v) is 5.70. The molecule has 0 spiro atoms. The first kappa shape index (κ1) is 23.3. The highest BCUT2D eigenvalue weighted by Gasteiger charge is 2.29. The fourth-order valence-corrected chi connectivity index (χ4v) is 4.14. The Bertz CT molecular complexity index is 1510. The normalized spacial score (nSPS) is 16.0. The van der Waals surface area contributed by atoms with E-state index in [1.165, 1.54) is 4.90 Å². The summed E-state index contributed by atoms with van der Waals surface area (Å²) in [6.45, 7) is 7.71. The Balaban J connectivity index is 1.46. The molecule has 2 amide bonds. The number of hydrogen-bond donors (Lipinski definition) is 2. The predicted octanol–water partition coefficient (Wildman–Crippen LogP) is 4.41. The van der Waals surface area contributed by atoms with Gasteiger partial charge in [0.2, 0.25) is 0 Å². The van der Waals surface area contributed by atoms with Crippen LogP contribution in [0.2, 0.25) is 0 Å². The van der Waals surface area contributed by atoms with Crippen molar-refractivity contribution in [3.05, 3.63) is 54.0 Å². The van der Waals surface area contributed by atoms with E-state index in [0.29, 0.717) is 35.0 Å². The zero-order chi connectivity index (χ0) is 25.6. The molecule has 186 valence electrons. The smallest absolute Gasteiger partial charge is 0.414 e. The molecule has 36 heavy (non-hydrogen) atoms. The standard InChI is InChI=1S/C25H27N7O4/c1-14-7-8-18-16(12-14)28-23(35-18)29-22(33)20-19-17(9-10-27-21(19)26)32(30-20)15-6-5-11-31(13-15)24(34)36-25(2,3)4/h5,7-12,15H,6,13H2,1-4H3,(H2,26,27)(H,28,29,33). The number of fused-ring (bicyclic) bond motifs is 2. The van der Waals surface area contributed by atoms with E-state index >= 15 is 0 Å². The van der Waals surface area contributed by atoms with Gasteiger partial charge in [0.15, 0.2) is 11.3 Å². The Hall–Kier alpha value is -4.41. The molecule has 1 aliphatic heterocycles. The van der Waals surface area contributed by atoms with Crippen LogP contribution in [-0.4, -0.2) is 48.8 Å². The maximum Gasteiger partial charge on any atom is 0.414 e. The molecule has 1 aliphatic rings. The van der Waals surface area contributed by atoms with E-state index in [9.17, 15) is 9.59 Å². The number of rotatable bonds is 3. The third kappa shape index (κ3) is 4.47. The molecular weight excluding hydrogens is 462 g/mol. The molecule has 4 heterocycles. The number of carbonyl (C=O) groups is 2. The van der Waals surface area contributed by atoms with E-state index in [1.807, 2.05) is 45.9 Å². The fourth-order valence-electron chi connectivity index (χ4n) is 4.14. The lowest BCUT2D eigenvalue weighted by Crippen LogP contribution is -2.38. The molecule has 0 bridgehead atoms. The molecule has 3 aromatic heterocycles. The van der Waals surface area contributed by atoms with Crippen molar-refractivity contribution in [1.82, 2.24) is 24.6 Å². The van der Waals surface area contributed by atoms with E-state index in [4.69, 9.17) is 14.9 Å². The monoisotopic (exact) mass is 489 g/mol. The minimum absolute atomic E-state index is 0.0578. The van der Waals surface area contributed by atoms with Crippen LogP contribution in [0.15, 0.2) is 47.2 Å². The fraction of sp³-hybridized carbons (Fsp3) is 0.320. The summed E-state index contributed by atoms with van der Waals surface area (Å²) >= 11 is 0. The summed E-state index contributed by atoms with van der Waals surface area (Å²) in [4.78, 5) is 35.9. The molecule has 0 saturated carbocycles. The summed E-state index contributed by atoms with van der Waals surface area (Å²) < 4.78 is 12.9. The maximum absolute atomic E-state index is 13.3. The van der Waals surface area contributed by atoms with Crippen LogP contribution in [0.1, 0.15) is 49.3 Å². The summed E-state index contributed by atoms with van der Waals surface area (Å²) in [6.07, 6.45) is 5.28. The Morgan fingerprint density at radius 2 is 2.06 bits per heavy atom. The van der Waals surface area contributed by atoms with Crippen molar-refractivity contribution < 1.29 is 18.7 Å². The van der Waals surface area contributed by atoms with Gasteiger partial charge >= 0.3 is 12.1 Å². The van der Waals surface area contributed by atoms with E-state index in [1.54, 1.807) is 29.2 Å². The van der Waals surface area contributed by atoms with E-state index < -0.39 is 17.6 Å². The quantitative estimate of drug-likeness (QED) is 0.431. The number of ether oxygens (including phenoxy) is 1. The first-order valence-corrected chi connectivity index (χ1v) is 11.6. The molecule has 1 aromatic carbocycles. The van der Waals surface area contributed by atoms with Crippen molar-refractivity contribution in [2.24, 2.45) is 0 Å². The number of nitrogen functional groups attached to an aromatic ring is 1. The van der Waals surface area contributed by atoms with Crippen molar-refractivity contribution in [2.75, 3.05) is 17.6 Å². The van der Waals surface area contributed by atoms with Gasteiger partial charge in [-0.15, -0.1) is 0 Å². The van der Waals surface area contributed by atoms with Crippen LogP contribution in [0.5, 0.6) is 0 Å². The van der Waals surface area contributed by atoms with Gasteiger partial charge in [0.05, 0.1) is 23.5 Å². The Labute approximate surface area is 206 Å². The number of aryl methyl sites for hydroxylation is 1. The van der Waals surface area contributed by atoms with E-state index in [2.05, 4.69) is 20.4 Å². The second-order valence-corrected chi connectivity index (χ2v) is 9.73. The van der Waals surface area contributed by atoms with Gasteiger partial charge in [0, 0.05) is 12.4 Å². The van der Waals surface area contributed by atoms with Gasteiger partial charge in [-0.1, -0.05) is 12.1 Å². The second-order valence-electron chi connectivity index (χ2n) is 9.73. The Morgan fingerprint density at radius 1 is 1.25 bits per heavy atom. The third-order valence-electron chi connectivity index (χ3n) is 5.70. The molecule has 4 aromatic rings. The van der Waals surface area contributed by atoms with Crippen LogP contribution < -0.4 is 11.1 Å². The zero-order valence-corrected chi connectivity index (χ0v) is 20.5. The molecule has 0 fully saturated rings. The van der Waals surface area contributed by atoms with Crippen molar-refractivity contribution >= 4 is 45.8 Å². The first-order valence-electron chi connectivity index (χ1n) is 11.6. The topological polar surface area (TPSA) is 141 Å². The van der Waals surface area contributed by atoms with Gasteiger partial charge in [0.25, 0.3) is 5.91 Å². The van der Waals surface area contributed by atoms with E-state index in [-0.39, 0.29) is 23.6 Å². The molecule has 1 unspecified atom stereocenters. The second kappa shape index (κ2) is 8.67. The van der Waals surface area contributed by atoms with Gasteiger partial charge in [-0.25, -0.2) is 9.78 Å². The highest BCUT2D eigenvalue weighted by Crippen LogP contribution is 2.30. The predicted molar refractivity (Wildman–Crippen MR) is 134 cm³/mol. The van der Waals surface area contributed by atoms with Crippen molar-refractivity contribution in [2.45, 2.75) is 45.8 Å². The van der Waals surface area contributed by atoms with Gasteiger partial charge < -0.3 is 14.9 Å². The minimum atomic E-state index is -0.620. The number of pyridine rings is 1. The van der Waals surface area contributed by atoms with Gasteiger partial charge in [-0.2, -0.15) is 10.1 Å². The van der Waals surface area contributed by atoms with Gasteiger partial charge in [-0.3, -0.25) is 19.7 Å². The molecule has 5 rings (SSSR count). The van der Waals surface area contributed by atoms with Crippen molar-refractivity contribution in [3.63, 3.8) is 0 Å².